The van der Waals surface area contributed by atoms with Gasteiger partial charge in [-0.1, -0.05) is 0 Å². The zero-order valence-corrected chi connectivity index (χ0v) is 18.8. The predicted molar refractivity (Wildman–Crippen MR) is 115 cm³/mol. The highest BCUT2D eigenvalue weighted by Crippen LogP contribution is 2.30. The van der Waals surface area contributed by atoms with Crippen molar-refractivity contribution in [1.29, 1.82) is 0 Å². The molecule has 4 heterocycles. The smallest absolute Gasteiger partial charge is 0.391 e. The Hall–Kier alpha value is -3.68. The van der Waals surface area contributed by atoms with E-state index in [1.807, 2.05) is 0 Å². The Labute approximate surface area is 199 Å². The Morgan fingerprint density at radius 3 is 2.39 bits per heavy atom. The van der Waals surface area contributed by atoms with E-state index in [1.165, 1.54) is 4.90 Å². The van der Waals surface area contributed by atoms with Crippen molar-refractivity contribution in [2.75, 3.05) is 18.0 Å². The summed E-state index contributed by atoms with van der Waals surface area (Å²) < 4.78 is 83.8. The molecule has 0 bridgehead atoms. The second-order valence-corrected chi connectivity index (χ2v) is 8.83. The summed E-state index contributed by atoms with van der Waals surface area (Å²) in [5.74, 6) is -5.70. The van der Waals surface area contributed by atoms with Gasteiger partial charge < -0.3 is 15.3 Å². The molecule has 192 valence electrons. The fraction of sp³-hybridized carbons (Fsp3) is 0.364. The van der Waals surface area contributed by atoms with Crippen LogP contribution in [0.5, 0.6) is 0 Å². The molecule has 1 atom stereocenters. The predicted octanol–water partition coefficient (Wildman–Crippen LogP) is 2.84. The summed E-state index contributed by atoms with van der Waals surface area (Å²) in [6, 6.07) is 1.17. The molecule has 36 heavy (non-hydrogen) atoms. The molecule has 14 heteroatoms. The number of aromatic nitrogens is 3. The number of alkyl halides is 3. The van der Waals surface area contributed by atoms with Crippen LogP contribution in [-0.2, 0) is 0 Å². The fourth-order valence-electron chi connectivity index (χ4n) is 3.70. The highest BCUT2D eigenvalue weighted by molar-refractivity contribution is 5.97. The van der Waals surface area contributed by atoms with E-state index in [4.69, 9.17) is 0 Å². The van der Waals surface area contributed by atoms with Gasteiger partial charge in [0.2, 0.25) is 5.43 Å². The first-order valence-corrected chi connectivity index (χ1v) is 10.6. The number of halogens is 6. The maximum absolute atomic E-state index is 15.0. The normalized spacial score (nSPS) is 16.6. The number of pyridine rings is 3. The summed E-state index contributed by atoms with van der Waals surface area (Å²) in [7, 11) is 0. The van der Waals surface area contributed by atoms with E-state index in [1.54, 1.807) is 5.32 Å². The molecule has 1 aliphatic rings. The van der Waals surface area contributed by atoms with Gasteiger partial charge in [-0.15, -0.1) is 0 Å². The molecule has 0 spiro atoms. The number of hydrogen-bond donors (Lipinski definition) is 2. The van der Waals surface area contributed by atoms with Crippen molar-refractivity contribution in [3.63, 3.8) is 0 Å². The Kier molecular flexibility index (Phi) is 6.19. The Morgan fingerprint density at radius 1 is 1.14 bits per heavy atom. The van der Waals surface area contributed by atoms with Crippen LogP contribution in [0.25, 0.3) is 16.9 Å². The lowest BCUT2D eigenvalue weighted by molar-refractivity contribution is -0.182. The van der Waals surface area contributed by atoms with E-state index in [0.29, 0.717) is 44.8 Å². The van der Waals surface area contributed by atoms with Gasteiger partial charge in [-0.25, -0.2) is 23.1 Å². The highest BCUT2D eigenvalue weighted by Gasteiger charge is 2.48. The van der Waals surface area contributed by atoms with E-state index in [9.17, 15) is 41.0 Å². The molecule has 0 saturated carbocycles. The van der Waals surface area contributed by atoms with Crippen molar-refractivity contribution in [3.05, 3.63) is 57.8 Å². The maximum atomic E-state index is 15.0. The van der Waals surface area contributed by atoms with Crippen molar-refractivity contribution in [2.45, 2.75) is 38.1 Å². The van der Waals surface area contributed by atoms with Gasteiger partial charge in [0.05, 0.1) is 17.7 Å². The number of aliphatic hydroxyl groups is 1. The molecule has 1 fully saturated rings. The van der Waals surface area contributed by atoms with Crippen LogP contribution < -0.4 is 15.6 Å². The lowest BCUT2D eigenvalue weighted by Gasteiger charge is -2.28. The SMILES string of the molecule is CC(C)(NC(=O)c1cn(-c2ncc(F)cc2F)c2nc(N3CC[C@H](O)C3)c(F)cc2c1=O)C(F)(F)F. The number of β-amino-alcohol motifs (C(OH)–C–C–N with tert-alkyl or cyclic N) is 1. The third-order valence-corrected chi connectivity index (χ3v) is 5.77. The molecule has 0 radical (unpaired) electrons. The number of amides is 1. The van der Waals surface area contributed by atoms with Crippen LogP contribution in [0.15, 0.2) is 29.3 Å². The first-order valence-electron chi connectivity index (χ1n) is 10.6. The monoisotopic (exact) mass is 515 g/mol. The summed E-state index contributed by atoms with van der Waals surface area (Å²) >= 11 is 0. The average Bonchev–Trinajstić information content (AvgIpc) is 3.19. The van der Waals surface area contributed by atoms with Gasteiger partial charge in [0.15, 0.2) is 28.9 Å². The minimum Gasteiger partial charge on any atom is -0.391 e. The van der Waals surface area contributed by atoms with Crippen molar-refractivity contribution in [1.82, 2.24) is 19.9 Å². The summed E-state index contributed by atoms with van der Waals surface area (Å²) in [6.45, 7) is 1.58. The van der Waals surface area contributed by atoms with E-state index in [-0.39, 0.29) is 24.6 Å². The van der Waals surface area contributed by atoms with E-state index >= 15 is 0 Å². The van der Waals surface area contributed by atoms with Crippen molar-refractivity contribution >= 4 is 22.8 Å². The molecule has 0 aliphatic carbocycles. The van der Waals surface area contributed by atoms with Gasteiger partial charge in [-0.2, -0.15) is 13.2 Å². The number of rotatable bonds is 4. The molecular formula is C22H19F6N5O3. The molecule has 0 aromatic carbocycles. The summed E-state index contributed by atoms with van der Waals surface area (Å²) in [6.07, 6.45) is -3.98. The third kappa shape index (κ3) is 4.47. The minimum atomic E-state index is -4.88. The van der Waals surface area contributed by atoms with Crippen molar-refractivity contribution in [3.8, 4) is 5.82 Å². The maximum Gasteiger partial charge on any atom is 0.410 e. The number of nitrogens with one attached hydrogen (secondary N) is 1. The molecule has 3 aromatic heterocycles. The topological polar surface area (TPSA) is 100 Å². The molecular weight excluding hydrogens is 496 g/mol. The van der Waals surface area contributed by atoms with Crippen molar-refractivity contribution < 1.29 is 36.2 Å². The Morgan fingerprint density at radius 2 is 1.81 bits per heavy atom. The summed E-state index contributed by atoms with van der Waals surface area (Å²) in [4.78, 5) is 34.9. The molecule has 8 nitrogen and oxygen atoms in total. The summed E-state index contributed by atoms with van der Waals surface area (Å²) in [5, 5.41) is 10.9. The number of carbonyl (C=O) groups excluding carboxylic acids is 1. The minimum absolute atomic E-state index is 0.0236. The standard InChI is InChI=1S/C22H19F6N5O3/c1-21(2,22(26,27)28)31-20(36)13-9-33(18-14(24)5-10(23)7-29-18)17-12(16(13)35)6-15(25)19(30-17)32-4-3-11(34)8-32/h5-7,9,11,34H,3-4,8H2,1-2H3,(H,31,36)/t11-/m0/s1. The van der Waals surface area contributed by atoms with Gasteiger partial charge in [0.1, 0.15) is 16.9 Å². The Bertz CT molecular complexity index is 1420. The first kappa shape index (κ1) is 25.4. The van der Waals surface area contributed by atoms with E-state index in [2.05, 4.69) is 9.97 Å². The largest absolute Gasteiger partial charge is 0.410 e. The van der Waals surface area contributed by atoms with Crippen LogP contribution in [0.1, 0.15) is 30.6 Å². The fourth-order valence-corrected chi connectivity index (χ4v) is 3.70. The molecule has 0 unspecified atom stereocenters. The van der Waals surface area contributed by atoms with Crippen LogP contribution in [0.4, 0.5) is 32.2 Å². The van der Waals surface area contributed by atoms with Crippen LogP contribution in [-0.4, -0.2) is 56.5 Å². The number of carbonyl (C=O) groups is 1. The van der Waals surface area contributed by atoms with Gasteiger partial charge in [0, 0.05) is 25.4 Å². The number of anilines is 1. The van der Waals surface area contributed by atoms with E-state index in [0.717, 1.165) is 4.57 Å². The molecule has 1 amide bonds. The van der Waals surface area contributed by atoms with Crippen LogP contribution in [0, 0.1) is 17.5 Å². The lowest BCUT2D eigenvalue weighted by Crippen LogP contribution is -2.54. The molecule has 4 rings (SSSR count). The van der Waals surface area contributed by atoms with Crippen LogP contribution in [0.2, 0.25) is 0 Å². The van der Waals surface area contributed by atoms with Gasteiger partial charge in [-0.3, -0.25) is 14.2 Å². The number of fused-ring (bicyclic) bond motifs is 1. The molecule has 1 aliphatic heterocycles. The second-order valence-electron chi connectivity index (χ2n) is 8.83. The van der Waals surface area contributed by atoms with E-state index < -0.39 is 63.4 Å². The Balaban J connectivity index is 1.97. The zero-order chi connectivity index (χ0) is 26.6. The molecule has 2 N–H and O–H groups in total. The first-order chi connectivity index (χ1) is 16.7. The number of aliphatic hydroxyl groups excluding tert-OH is 1. The molecule has 3 aromatic rings. The van der Waals surface area contributed by atoms with Gasteiger partial charge in [0.25, 0.3) is 5.91 Å². The third-order valence-electron chi connectivity index (χ3n) is 5.77. The van der Waals surface area contributed by atoms with Crippen molar-refractivity contribution in [2.24, 2.45) is 0 Å². The number of nitrogens with zero attached hydrogens (tertiary/aromatic N) is 4. The van der Waals surface area contributed by atoms with Gasteiger partial charge >= 0.3 is 6.18 Å². The summed E-state index contributed by atoms with van der Waals surface area (Å²) in [5.41, 5.74) is -5.18. The van der Waals surface area contributed by atoms with Crippen LogP contribution in [0.3, 0.4) is 0 Å². The highest BCUT2D eigenvalue weighted by atomic mass is 19.4. The quantitative estimate of drug-likeness (QED) is 0.519. The lowest BCUT2D eigenvalue weighted by atomic mass is 10.0. The van der Waals surface area contributed by atoms with Gasteiger partial charge in [-0.05, 0) is 26.3 Å². The zero-order valence-electron chi connectivity index (χ0n) is 18.8. The number of hydrogen-bond acceptors (Lipinski definition) is 6. The average molecular weight is 515 g/mol. The van der Waals surface area contributed by atoms with Crippen LogP contribution >= 0.6 is 0 Å². The second kappa shape index (κ2) is 8.76. The molecule has 1 saturated heterocycles.